The van der Waals surface area contributed by atoms with Gasteiger partial charge in [0.15, 0.2) is 5.82 Å². The van der Waals surface area contributed by atoms with Crippen molar-refractivity contribution in [1.29, 1.82) is 0 Å². The molecule has 0 aliphatic rings. The summed E-state index contributed by atoms with van der Waals surface area (Å²) in [5, 5.41) is 12.3. The van der Waals surface area contributed by atoms with Crippen LogP contribution in [0.2, 0.25) is 0 Å². The van der Waals surface area contributed by atoms with Gasteiger partial charge in [0, 0.05) is 10.9 Å². The second-order valence-corrected chi connectivity index (χ2v) is 4.57. The highest BCUT2D eigenvalue weighted by Gasteiger charge is 2.08. The lowest BCUT2D eigenvalue weighted by atomic mass is 10.1. The molecule has 2 heterocycles. The number of aromatic nitrogens is 4. The number of ether oxygens (including phenoxy) is 1. The summed E-state index contributed by atoms with van der Waals surface area (Å²) >= 11 is 1.55. The van der Waals surface area contributed by atoms with E-state index in [9.17, 15) is 0 Å². The minimum absolute atomic E-state index is 0.372. The third-order valence-corrected chi connectivity index (χ3v) is 3.19. The number of anilines is 1. The van der Waals surface area contributed by atoms with Crippen LogP contribution in [0.25, 0.3) is 11.3 Å². The van der Waals surface area contributed by atoms with E-state index in [0.29, 0.717) is 18.1 Å². The summed E-state index contributed by atoms with van der Waals surface area (Å²) in [4.78, 5) is 4.16. The third-order valence-electron chi connectivity index (χ3n) is 2.55. The molecule has 6 nitrogen and oxygen atoms in total. The minimum Gasteiger partial charge on any atom is -0.487 e. The van der Waals surface area contributed by atoms with E-state index in [4.69, 9.17) is 10.5 Å². The van der Waals surface area contributed by atoms with Gasteiger partial charge in [0.05, 0.1) is 11.2 Å². The predicted molar refractivity (Wildman–Crippen MR) is 72.7 cm³/mol. The summed E-state index contributed by atoms with van der Waals surface area (Å²) in [5.41, 5.74) is 9.90. The number of benzene rings is 1. The van der Waals surface area contributed by atoms with Crippen molar-refractivity contribution in [1.82, 2.24) is 20.4 Å². The van der Waals surface area contributed by atoms with E-state index in [0.717, 1.165) is 17.0 Å². The zero-order chi connectivity index (χ0) is 13.1. The highest BCUT2D eigenvalue weighted by atomic mass is 32.1. The zero-order valence-electron chi connectivity index (χ0n) is 9.91. The monoisotopic (exact) mass is 273 g/mol. The van der Waals surface area contributed by atoms with Crippen LogP contribution in [-0.4, -0.2) is 20.4 Å². The molecule has 0 unspecified atom stereocenters. The maximum absolute atomic E-state index is 5.72. The zero-order valence-corrected chi connectivity index (χ0v) is 10.7. The van der Waals surface area contributed by atoms with Gasteiger partial charge in [-0.3, -0.25) is 0 Å². The molecular weight excluding hydrogens is 262 g/mol. The first kappa shape index (κ1) is 11.7. The van der Waals surface area contributed by atoms with Gasteiger partial charge in [-0.25, -0.2) is 4.98 Å². The van der Waals surface area contributed by atoms with Gasteiger partial charge < -0.3 is 10.5 Å². The van der Waals surface area contributed by atoms with Crippen LogP contribution in [-0.2, 0) is 6.61 Å². The first-order valence-corrected chi connectivity index (χ1v) is 6.54. The Morgan fingerprint density at radius 3 is 3.00 bits per heavy atom. The Labute approximate surface area is 113 Å². The number of H-pyrrole nitrogens is 1. The van der Waals surface area contributed by atoms with E-state index in [1.807, 2.05) is 29.6 Å². The standard InChI is InChI=1S/C12H11N5OS/c13-12-11(15-17-16-12)8-2-1-3-10(4-8)18-5-9-6-19-7-14-9/h1-4,6-7H,5H2,(H3,13,15,16,17). The van der Waals surface area contributed by atoms with Crippen molar-refractivity contribution in [3.8, 4) is 17.0 Å². The Kier molecular flexibility index (Phi) is 3.11. The van der Waals surface area contributed by atoms with Crippen LogP contribution >= 0.6 is 11.3 Å². The number of hydrogen-bond donors (Lipinski definition) is 2. The average molecular weight is 273 g/mol. The first-order valence-electron chi connectivity index (χ1n) is 5.59. The van der Waals surface area contributed by atoms with Gasteiger partial charge in [0.1, 0.15) is 18.1 Å². The molecule has 0 saturated carbocycles. The average Bonchev–Trinajstić information content (AvgIpc) is 3.08. The fraction of sp³-hybridized carbons (Fsp3) is 0.0833. The summed E-state index contributed by atoms with van der Waals surface area (Å²) in [7, 11) is 0. The van der Waals surface area contributed by atoms with Crippen LogP contribution < -0.4 is 10.5 Å². The molecule has 0 saturated heterocycles. The number of nitrogens with one attached hydrogen (secondary N) is 1. The van der Waals surface area contributed by atoms with E-state index in [-0.39, 0.29) is 0 Å². The molecule has 3 aromatic rings. The summed E-state index contributed by atoms with van der Waals surface area (Å²) in [5.74, 6) is 1.12. The lowest BCUT2D eigenvalue weighted by Crippen LogP contribution is -1.96. The Hall–Kier alpha value is -2.41. The molecule has 0 radical (unpaired) electrons. The lowest BCUT2D eigenvalue weighted by Gasteiger charge is -2.05. The van der Waals surface area contributed by atoms with E-state index in [1.54, 1.807) is 16.8 Å². The number of aromatic amines is 1. The largest absolute Gasteiger partial charge is 0.487 e. The third kappa shape index (κ3) is 2.55. The highest BCUT2D eigenvalue weighted by Crippen LogP contribution is 2.25. The van der Waals surface area contributed by atoms with Gasteiger partial charge in [-0.05, 0) is 12.1 Å². The molecule has 0 aliphatic heterocycles. The molecule has 3 N–H and O–H groups in total. The summed E-state index contributed by atoms with van der Waals surface area (Å²) in [6, 6.07) is 7.55. The van der Waals surface area contributed by atoms with Crippen molar-refractivity contribution >= 4 is 17.2 Å². The smallest absolute Gasteiger partial charge is 0.173 e. The number of thiazole rings is 1. The molecule has 0 amide bonds. The normalized spacial score (nSPS) is 10.5. The van der Waals surface area contributed by atoms with Gasteiger partial charge in [0.25, 0.3) is 0 Å². The van der Waals surface area contributed by atoms with Crippen LogP contribution in [0.5, 0.6) is 5.75 Å². The van der Waals surface area contributed by atoms with Gasteiger partial charge in [-0.2, -0.15) is 10.3 Å². The molecule has 0 aliphatic carbocycles. The van der Waals surface area contributed by atoms with Crippen molar-refractivity contribution in [2.24, 2.45) is 0 Å². The number of hydrogen-bond acceptors (Lipinski definition) is 6. The summed E-state index contributed by atoms with van der Waals surface area (Å²) in [6.07, 6.45) is 0. The minimum atomic E-state index is 0.372. The maximum atomic E-state index is 5.72. The summed E-state index contributed by atoms with van der Waals surface area (Å²) < 4.78 is 5.67. The highest BCUT2D eigenvalue weighted by molar-refractivity contribution is 7.07. The van der Waals surface area contributed by atoms with Gasteiger partial charge in [0.2, 0.25) is 0 Å². The van der Waals surface area contributed by atoms with E-state index in [2.05, 4.69) is 20.4 Å². The molecule has 0 fully saturated rings. The molecule has 0 spiro atoms. The topological polar surface area (TPSA) is 89.7 Å². The van der Waals surface area contributed by atoms with Crippen LogP contribution in [0, 0.1) is 0 Å². The van der Waals surface area contributed by atoms with Crippen LogP contribution in [0.4, 0.5) is 5.82 Å². The van der Waals surface area contributed by atoms with Crippen LogP contribution in [0.15, 0.2) is 35.2 Å². The van der Waals surface area contributed by atoms with Gasteiger partial charge >= 0.3 is 0 Å². The molecule has 19 heavy (non-hydrogen) atoms. The Bertz CT molecular complexity index is 664. The van der Waals surface area contributed by atoms with E-state index < -0.39 is 0 Å². The second-order valence-electron chi connectivity index (χ2n) is 3.85. The van der Waals surface area contributed by atoms with E-state index in [1.165, 1.54) is 0 Å². The Morgan fingerprint density at radius 2 is 2.26 bits per heavy atom. The quantitative estimate of drug-likeness (QED) is 0.759. The van der Waals surface area contributed by atoms with Gasteiger partial charge in [-0.1, -0.05) is 12.1 Å². The number of nitrogens with zero attached hydrogens (tertiary/aromatic N) is 3. The maximum Gasteiger partial charge on any atom is 0.173 e. The fourth-order valence-electron chi connectivity index (χ4n) is 1.65. The fourth-order valence-corrected chi connectivity index (χ4v) is 2.19. The van der Waals surface area contributed by atoms with E-state index >= 15 is 0 Å². The molecule has 2 aromatic heterocycles. The van der Waals surface area contributed by atoms with Crippen LogP contribution in [0.1, 0.15) is 5.69 Å². The van der Waals surface area contributed by atoms with Crippen molar-refractivity contribution in [2.75, 3.05) is 5.73 Å². The van der Waals surface area contributed by atoms with Crippen molar-refractivity contribution < 1.29 is 4.74 Å². The number of nitrogen functional groups attached to an aromatic ring is 1. The SMILES string of the molecule is Nc1n[nH]nc1-c1cccc(OCc2cscn2)c1. The molecule has 7 heteroatoms. The Balaban J connectivity index is 1.78. The molecule has 0 bridgehead atoms. The van der Waals surface area contributed by atoms with Gasteiger partial charge in [-0.15, -0.1) is 16.4 Å². The number of rotatable bonds is 4. The predicted octanol–water partition coefficient (Wildman–Crippen LogP) is 2.09. The molecule has 3 rings (SSSR count). The molecular formula is C12H11N5OS. The first-order chi connectivity index (χ1) is 9.33. The van der Waals surface area contributed by atoms with Crippen molar-refractivity contribution in [3.63, 3.8) is 0 Å². The summed E-state index contributed by atoms with van der Waals surface area (Å²) in [6.45, 7) is 0.446. The second kappa shape index (κ2) is 5.07. The lowest BCUT2D eigenvalue weighted by molar-refractivity contribution is 0.302. The van der Waals surface area contributed by atoms with Crippen LogP contribution in [0.3, 0.4) is 0 Å². The molecule has 96 valence electrons. The Morgan fingerprint density at radius 1 is 1.32 bits per heavy atom. The van der Waals surface area contributed by atoms with Crippen molar-refractivity contribution in [3.05, 3.63) is 40.8 Å². The molecule has 0 atom stereocenters. The molecule has 1 aromatic carbocycles. The number of nitrogens with two attached hydrogens (primary N) is 1. The van der Waals surface area contributed by atoms with Crippen molar-refractivity contribution in [2.45, 2.75) is 6.61 Å².